The van der Waals surface area contributed by atoms with Crippen molar-refractivity contribution in [2.75, 3.05) is 0 Å². The van der Waals surface area contributed by atoms with Gasteiger partial charge in [-0.2, -0.15) is 0 Å². The molecule has 2 N–H and O–H groups in total. The summed E-state index contributed by atoms with van der Waals surface area (Å²) in [6.07, 6.45) is 0.0643. The zero-order valence-corrected chi connectivity index (χ0v) is 9.67. The minimum atomic E-state index is -0.467. The van der Waals surface area contributed by atoms with Crippen molar-refractivity contribution in [3.63, 3.8) is 0 Å². The molecule has 14 heavy (non-hydrogen) atoms. The summed E-state index contributed by atoms with van der Waals surface area (Å²) >= 11 is 3.28. The highest BCUT2D eigenvalue weighted by Gasteiger charge is 2.11. The average molecular weight is 258 g/mol. The second kappa shape index (κ2) is 4.46. The highest BCUT2D eigenvalue weighted by Crippen LogP contribution is 2.28. The molecule has 3 nitrogen and oxygen atoms in total. The van der Waals surface area contributed by atoms with E-state index in [4.69, 9.17) is 10.5 Å². The monoisotopic (exact) mass is 257 g/mol. The number of nitrogens with two attached hydrogens (primary N) is 1. The van der Waals surface area contributed by atoms with E-state index in [0.29, 0.717) is 15.8 Å². The Labute approximate surface area is 91.4 Å². The number of benzene rings is 1. The van der Waals surface area contributed by atoms with Crippen LogP contribution < -0.4 is 10.5 Å². The largest absolute Gasteiger partial charge is 0.490 e. The molecule has 0 aliphatic carbocycles. The van der Waals surface area contributed by atoms with Gasteiger partial charge in [0.05, 0.1) is 16.1 Å². The van der Waals surface area contributed by atoms with Gasteiger partial charge >= 0.3 is 0 Å². The molecule has 0 aromatic heterocycles. The van der Waals surface area contributed by atoms with Crippen molar-refractivity contribution < 1.29 is 9.53 Å². The molecule has 4 heteroatoms. The number of carbonyl (C=O) groups excluding carboxylic acids is 1. The zero-order chi connectivity index (χ0) is 10.7. The van der Waals surface area contributed by atoms with Gasteiger partial charge in [0.15, 0.2) is 0 Å². The zero-order valence-electron chi connectivity index (χ0n) is 8.08. The van der Waals surface area contributed by atoms with Crippen molar-refractivity contribution in [3.8, 4) is 5.75 Å². The lowest BCUT2D eigenvalue weighted by molar-refractivity contribution is 0.0998. The molecule has 1 aromatic rings. The summed E-state index contributed by atoms with van der Waals surface area (Å²) in [6.45, 7) is 3.84. The van der Waals surface area contributed by atoms with Crippen molar-refractivity contribution in [2.24, 2.45) is 5.73 Å². The van der Waals surface area contributed by atoms with Crippen LogP contribution in [0.5, 0.6) is 5.75 Å². The maximum absolute atomic E-state index is 11.0. The van der Waals surface area contributed by atoms with E-state index in [0.717, 1.165) is 0 Å². The van der Waals surface area contributed by atoms with Crippen LogP contribution in [-0.4, -0.2) is 12.0 Å². The van der Waals surface area contributed by atoms with Crippen molar-refractivity contribution >= 4 is 21.8 Å². The second-order valence-corrected chi connectivity index (χ2v) is 3.94. The van der Waals surface area contributed by atoms with Crippen molar-refractivity contribution in [1.82, 2.24) is 0 Å². The lowest BCUT2D eigenvalue weighted by Gasteiger charge is -2.12. The molecule has 0 radical (unpaired) electrons. The summed E-state index contributed by atoms with van der Waals surface area (Å²) in [6, 6.07) is 5.18. The summed E-state index contributed by atoms with van der Waals surface area (Å²) in [5.41, 5.74) is 5.62. The first kappa shape index (κ1) is 11.0. The summed E-state index contributed by atoms with van der Waals surface area (Å²) < 4.78 is 6.09. The molecule has 0 fully saturated rings. The van der Waals surface area contributed by atoms with Crippen LogP contribution in [0, 0.1) is 0 Å². The minimum absolute atomic E-state index is 0.0643. The molecule has 1 aromatic carbocycles. The molecule has 0 heterocycles. The van der Waals surface area contributed by atoms with Gasteiger partial charge in [-0.3, -0.25) is 4.79 Å². The third-order valence-corrected chi connectivity index (χ3v) is 2.41. The molecule has 0 saturated carbocycles. The van der Waals surface area contributed by atoms with E-state index in [1.165, 1.54) is 0 Å². The molecule has 0 bridgehead atoms. The predicted molar refractivity (Wildman–Crippen MR) is 58.4 cm³/mol. The number of ether oxygens (including phenoxy) is 1. The van der Waals surface area contributed by atoms with Gasteiger partial charge in [-0.15, -0.1) is 0 Å². The lowest BCUT2D eigenvalue weighted by Crippen LogP contribution is -2.13. The molecule has 0 atom stereocenters. The normalized spacial score (nSPS) is 10.3. The third-order valence-electron chi connectivity index (χ3n) is 1.59. The van der Waals surface area contributed by atoms with Crippen LogP contribution in [0.2, 0.25) is 0 Å². The summed E-state index contributed by atoms with van der Waals surface area (Å²) in [4.78, 5) is 11.0. The van der Waals surface area contributed by atoms with E-state index >= 15 is 0 Å². The SMILES string of the molecule is CC(C)Oc1cccc(C(N)=O)c1Br. The van der Waals surface area contributed by atoms with Gasteiger partial charge in [-0.25, -0.2) is 0 Å². The van der Waals surface area contributed by atoms with Gasteiger partial charge in [0.2, 0.25) is 5.91 Å². The first-order valence-electron chi connectivity index (χ1n) is 4.27. The molecular weight excluding hydrogens is 246 g/mol. The molecule has 1 rings (SSSR count). The fourth-order valence-electron chi connectivity index (χ4n) is 1.05. The number of amides is 1. The standard InChI is InChI=1S/C10H12BrNO2/c1-6(2)14-8-5-3-4-7(9(8)11)10(12)13/h3-6H,1-2H3,(H2,12,13). The molecule has 0 aliphatic rings. The first-order chi connectivity index (χ1) is 6.52. The van der Waals surface area contributed by atoms with Crippen LogP contribution in [0.1, 0.15) is 24.2 Å². The Morgan fingerprint density at radius 1 is 1.50 bits per heavy atom. The average Bonchev–Trinajstić information content (AvgIpc) is 2.07. The maximum atomic E-state index is 11.0. The Kier molecular flexibility index (Phi) is 3.52. The van der Waals surface area contributed by atoms with Crippen molar-refractivity contribution in [1.29, 1.82) is 0 Å². The Morgan fingerprint density at radius 3 is 2.64 bits per heavy atom. The van der Waals surface area contributed by atoms with E-state index in [1.54, 1.807) is 18.2 Å². The van der Waals surface area contributed by atoms with Gasteiger partial charge in [-0.1, -0.05) is 6.07 Å². The number of carbonyl (C=O) groups is 1. The highest BCUT2D eigenvalue weighted by atomic mass is 79.9. The first-order valence-corrected chi connectivity index (χ1v) is 5.06. The van der Waals surface area contributed by atoms with E-state index < -0.39 is 5.91 Å². The number of halogens is 1. The third kappa shape index (κ3) is 2.48. The van der Waals surface area contributed by atoms with Crippen LogP contribution in [0.15, 0.2) is 22.7 Å². The molecule has 0 aliphatic heterocycles. The second-order valence-electron chi connectivity index (χ2n) is 3.15. The molecule has 76 valence electrons. The van der Waals surface area contributed by atoms with Crippen LogP contribution in [0.25, 0.3) is 0 Å². The summed E-state index contributed by atoms with van der Waals surface area (Å²) in [5, 5.41) is 0. The number of rotatable bonds is 3. The quantitative estimate of drug-likeness (QED) is 0.904. The topological polar surface area (TPSA) is 52.3 Å². The maximum Gasteiger partial charge on any atom is 0.249 e. The van der Waals surface area contributed by atoms with Gasteiger partial charge < -0.3 is 10.5 Å². The van der Waals surface area contributed by atoms with E-state index in [9.17, 15) is 4.79 Å². The van der Waals surface area contributed by atoms with Gasteiger partial charge in [-0.05, 0) is 41.9 Å². The fourth-order valence-corrected chi connectivity index (χ4v) is 1.60. The van der Waals surface area contributed by atoms with E-state index in [1.807, 2.05) is 13.8 Å². The van der Waals surface area contributed by atoms with Crippen LogP contribution in [-0.2, 0) is 0 Å². The number of hydrogen-bond acceptors (Lipinski definition) is 2. The van der Waals surface area contributed by atoms with Crippen LogP contribution in [0.3, 0.4) is 0 Å². The van der Waals surface area contributed by atoms with Gasteiger partial charge in [0.25, 0.3) is 0 Å². The molecule has 1 amide bonds. The van der Waals surface area contributed by atoms with E-state index in [2.05, 4.69) is 15.9 Å². The smallest absolute Gasteiger partial charge is 0.249 e. The molecular formula is C10H12BrNO2. The lowest BCUT2D eigenvalue weighted by atomic mass is 10.2. The Balaban J connectivity index is 3.07. The molecule has 0 unspecified atom stereocenters. The summed E-state index contributed by atoms with van der Waals surface area (Å²) in [7, 11) is 0. The summed E-state index contributed by atoms with van der Waals surface area (Å²) in [5.74, 6) is 0.169. The Hall–Kier alpha value is -1.03. The van der Waals surface area contributed by atoms with Crippen LogP contribution >= 0.6 is 15.9 Å². The van der Waals surface area contributed by atoms with Gasteiger partial charge in [0, 0.05) is 0 Å². The van der Waals surface area contributed by atoms with Crippen LogP contribution in [0.4, 0.5) is 0 Å². The fraction of sp³-hybridized carbons (Fsp3) is 0.300. The van der Waals surface area contributed by atoms with Crippen molar-refractivity contribution in [2.45, 2.75) is 20.0 Å². The van der Waals surface area contributed by atoms with Crippen molar-refractivity contribution in [3.05, 3.63) is 28.2 Å². The number of primary amides is 1. The Morgan fingerprint density at radius 2 is 2.14 bits per heavy atom. The Bertz CT molecular complexity index is 350. The molecule has 0 spiro atoms. The van der Waals surface area contributed by atoms with Gasteiger partial charge in [0.1, 0.15) is 5.75 Å². The predicted octanol–water partition coefficient (Wildman–Crippen LogP) is 2.34. The highest BCUT2D eigenvalue weighted by molar-refractivity contribution is 9.10. The van der Waals surface area contributed by atoms with E-state index in [-0.39, 0.29) is 6.10 Å². The number of hydrogen-bond donors (Lipinski definition) is 1. The molecule has 0 saturated heterocycles. The minimum Gasteiger partial charge on any atom is -0.490 e.